The summed E-state index contributed by atoms with van der Waals surface area (Å²) in [5, 5.41) is 6.04. The highest BCUT2D eigenvalue weighted by atomic mass is 19.1. The lowest BCUT2D eigenvalue weighted by molar-refractivity contribution is -0.122. The second kappa shape index (κ2) is 11.7. The Labute approximate surface area is 252 Å². The molecule has 1 saturated heterocycles. The number of halogens is 2. The number of nitrogens with one attached hydrogen (secondary N) is 2. The normalized spacial score (nSPS) is 20.2. The number of fused-ring (bicyclic) bond motifs is 1. The van der Waals surface area contributed by atoms with Gasteiger partial charge in [-0.2, -0.15) is 0 Å². The topological polar surface area (TPSA) is 108 Å². The van der Waals surface area contributed by atoms with E-state index in [2.05, 4.69) is 15.6 Å². The first-order chi connectivity index (χ1) is 21.1. The van der Waals surface area contributed by atoms with Crippen LogP contribution in [0.3, 0.4) is 0 Å². The second-order valence-electron chi connectivity index (χ2n) is 11.4. The van der Waals surface area contributed by atoms with Crippen molar-refractivity contribution in [2.75, 3.05) is 31.0 Å². The maximum Gasteiger partial charge on any atom is 0.228 e. The molecule has 9 nitrogen and oxygen atoms in total. The summed E-state index contributed by atoms with van der Waals surface area (Å²) in [5.41, 5.74) is 0.612. The molecule has 1 aliphatic heterocycles. The molecular formula is C33H31F2N3O6. The number of ether oxygens (including phenoxy) is 4. The van der Waals surface area contributed by atoms with E-state index < -0.39 is 34.8 Å². The molecule has 3 aromatic carbocycles. The number of amides is 2. The van der Waals surface area contributed by atoms with Crippen molar-refractivity contribution in [1.82, 2.24) is 4.98 Å². The first-order valence-corrected chi connectivity index (χ1v) is 14.2. The van der Waals surface area contributed by atoms with Gasteiger partial charge in [0.15, 0.2) is 23.1 Å². The monoisotopic (exact) mass is 603 g/mol. The van der Waals surface area contributed by atoms with Crippen molar-refractivity contribution >= 4 is 34.1 Å². The number of aromatic nitrogens is 1. The minimum Gasteiger partial charge on any atom is -0.493 e. The van der Waals surface area contributed by atoms with Crippen LogP contribution in [0.1, 0.15) is 20.3 Å². The Hall–Kier alpha value is -4.77. The van der Waals surface area contributed by atoms with Gasteiger partial charge in [0.1, 0.15) is 17.7 Å². The zero-order valence-corrected chi connectivity index (χ0v) is 24.4. The lowest BCUT2D eigenvalue weighted by Crippen LogP contribution is -2.20. The van der Waals surface area contributed by atoms with Crippen LogP contribution in [-0.2, 0) is 14.3 Å². The predicted octanol–water partition coefficient (Wildman–Crippen LogP) is 6.33. The van der Waals surface area contributed by atoms with Crippen molar-refractivity contribution in [1.29, 1.82) is 0 Å². The summed E-state index contributed by atoms with van der Waals surface area (Å²) < 4.78 is 51.4. The molecule has 0 bridgehead atoms. The molecular weight excluding hydrogens is 572 g/mol. The van der Waals surface area contributed by atoms with Gasteiger partial charge in [0.2, 0.25) is 11.8 Å². The van der Waals surface area contributed by atoms with Crippen LogP contribution in [0.5, 0.6) is 23.0 Å². The molecule has 1 aliphatic carbocycles. The first-order valence-electron chi connectivity index (χ1n) is 14.2. The number of methoxy groups -OCH3 is 1. The van der Waals surface area contributed by atoms with Crippen LogP contribution in [0.15, 0.2) is 66.9 Å². The van der Waals surface area contributed by atoms with Gasteiger partial charge in [-0.3, -0.25) is 14.6 Å². The number of carbonyl (C=O) groups excluding carboxylic acids is 2. The molecule has 0 spiro atoms. The highest BCUT2D eigenvalue weighted by Gasteiger charge is 2.65. The lowest BCUT2D eigenvalue weighted by atomic mass is 10.1. The molecule has 0 unspecified atom stereocenters. The third-order valence-corrected chi connectivity index (χ3v) is 8.09. The van der Waals surface area contributed by atoms with Crippen LogP contribution in [0.4, 0.5) is 20.2 Å². The largest absolute Gasteiger partial charge is 0.493 e. The fourth-order valence-corrected chi connectivity index (χ4v) is 5.62. The van der Waals surface area contributed by atoms with Crippen LogP contribution in [0.25, 0.3) is 10.9 Å². The van der Waals surface area contributed by atoms with E-state index in [-0.39, 0.29) is 23.4 Å². The highest BCUT2D eigenvalue weighted by Crippen LogP contribution is 2.59. The predicted molar refractivity (Wildman–Crippen MR) is 159 cm³/mol. The van der Waals surface area contributed by atoms with Gasteiger partial charge in [-0.1, -0.05) is 13.8 Å². The van der Waals surface area contributed by atoms with Crippen LogP contribution in [-0.4, -0.2) is 43.2 Å². The van der Waals surface area contributed by atoms with Crippen LogP contribution < -0.4 is 24.8 Å². The van der Waals surface area contributed by atoms with Gasteiger partial charge in [-0.05, 0) is 53.9 Å². The molecule has 1 aromatic heterocycles. The average Bonchev–Trinajstić information content (AvgIpc) is 3.28. The zero-order valence-electron chi connectivity index (χ0n) is 24.4. The molecule has 2 amide bonds. The van der Waals surface area contributed by atoms with E-state index in [1.54, 1.807) is 31.5 Å². The van der Waals surface area contributed by atoms with Crippen LogP contribution in [0.2, 0.25) is 0 Å². The third-order valence-electron chi connectivity index (χ3n) is 8.09. The number of benzene rings is 3. The number of nitrogens with zero attached hydrogens (tertiary/aromatic N) is 1. The van der Waals surface area contributed by atoms with Crippen molar-refractivity contribution in [3.8, 4) is 23.0 Å². The van der Waals surface area contributed by atoms with Gasteiger partial charge in [0.05, 0.1) is 37.7 Å². The second-order valence-corrected chi connectivity index (χ2v) is 11.4. The van der Waals surface area contributed by atoms with Crippen molar-refractivity contribution in [3.05, 3.63) is 78.5 Å². The Kier molecular flexibility index (Phi) is 7.81. The van der Waals surface area contributed by atoms with Crippen molar-refractivity contribution < 1.29 is 37.3 Å². The lowest BCUT2D eigenvalue weighted by Gasteiger charge is -2.17. The van der Waals surface area contributed by atoms with E-state index in [1.807, 2.05) is 13.8 Å². The van der Waals surface area contributed by atoms with Gasteiger partial charge in [-0.15, -0.1) is 0 Å². The molecule has 4 aromatic rings. The molecule has 2 aliphatic rings. The van der Waals surface area contributed by atoms with Crippen LogP contribution >= 0.6 is 0 Å². The average molecular weight is 604 g/mol. The van der Waals surface area contributed by atoms with Gasteiger partial charge >= 0.3 is 0 Å². The molecule has 11 heteroatoms. The fourth-order valence-electron chi connectivity index (χ4n) is 5.62. The van der Waals surface area contributed by atoms with Gasteiger partial charge < -0.3 is 29.6 Å². The summed E-state index contributed by atoms with van der Waals surface area (Å²) in [7, 11) is 1.54. The molecule has 6 rings (SSSR count). The van der Waals surface area contributed by atoms with E-state index in [0.717, 1.165) is 12.5 Å². The Morgan fingerprint density at radius 1 is 0.886 bits per heavy atom. The molecule has 3 atom stereocenters. The van der Waals surface area contributed by atoms with E-state index in [4.69, 9.17) is 18.9 Å². The molecule has 0 radical (unpaired) electrons. The van der Waals surface area contributed by atoms with E-state index in [0.29, 0.717) is 47.1 Å². The maximum absolute atomic E-state index is 15.3. The third kappa shape index (κ3) is 5.87. The van der Waals surface area contributed by atoms with Gasteiger partial charge in [-0.25, -0.2) is 8.78 Å². The minimum absolute atomic E-state index is 0.0544. The summed E-state index contributed by atoms with van der Waals surface area (Å²) in [6.07, 6.45) is 2.20. The van der Waals surface area contributed by atoms with Gasteiger partial charge in [0, 0.05) is 41.5 Å². The molecule has 2 N–H and O–H groups in total. The number of hydrogen-bond donors (Lipinski definition) is 2. The van der Waals surface area contributed by atoms with Crippen molar-refractivity contribution in [2.45, 2.75) is 26.4 Å². The molecule has 44 heavy (non-hydrogen) atoms. The molecule has 228 valence electrons. The van der Waals surface area contributed by atoms with Crippen LogP contribution in [0, 0.1) is 28.9 Å². The van der Waals surface area contributed by atoms with E-state index in [1.165, 1.54) is 36.4 Å². The molecule has 1 saturated carbocycles. The van der Waals surface area contributed by atoms with E-state index in [9.17, 15) is 14.0 Å². The summed E-state index contributed by atoms with van der Waals surface area (Å²) >= 11 is 0. The maximum atomic E-state index is 15.3. The standard InChI is InChI=1S/C33H31F2N3O6/c1-33(2)29(31(39)37-19-6-4-18(34)5-7-19)30(33)32(40)38-20-8-9-26(23(35)14-20)44-25-10-12-36-24-16-27(41-3)28(15-22(24)25)43-21-11-13-42-17-21/h4-10,12,14-16,21,29-30H,11,13,17H2,1-3H3,(H,37,39)(H,38,40)/t21-,29-,30+/m0/s1. The quantitative estimate of drug-likeness (QED) is 0.230. The Bertz CT molecular complexity index is 1720. The van der Waals surface area contributed by atoms with Gasteiger partial charge in [0.25, 0.3) is 0 Å². The highest BCUT2D eigenvalue weighted by molar-refractivity contribution is 6.04. The number of anilines is 2. The zero-order chi connectivity index (χ0) is 31.0. The SMILES string of the molecule is COc1cc2nccc(Oc3ccc(NC(=O)[C@H]4[C@@H](C(=O)Nc5ccc(F)cc5)C4(C)C)cc3F)c2cc1O[C@H]1CCOC1. The summed E-state index contributed by atoms with van der Waals surface area (Å²) in [4.78, 5) is 30.4. The van der Waals surface area contributed by atoms with Crippen molar-refractivity contribution in [3.63, 3.8) is 0 Å². The number of carbonyl (C=O) groups is 2. The minimum atomic E-state index is -0.693. The number of pyridine rings is 1. The Morgan fingerprint density at radius 2 is 1.59 bits per heavy atom. The molecule has 2 fully saturated rings. The van der Waals surface area contributed by atoms with Crippen molar-refractivity contribution in [2.24, 2.45) is 17.3 Å². The number of hydrogen-bond acceptors (Lipinski definition) is 7. The summed E-state index contributed by atoms with van der Waals surface area (Å²) in [6, 6.07) is 14.6. The number of rotatable bonds is 9. The van der Waals surface area contributed by atoms with E-state index >= 15 is 4.39 Å². The Morgan fingerprint density at radius 3 is 2.25 bits per heavy atom. The molecule has 2 heterocycles. The Balaban J connectivity index is 1.15. The summed E-state index contributed by atoms with van der Waals surface area (Å²) in [5.74, 6) is -1.78. The summed E-state index contributed by atoms with van der Waals surface area (Å²) in [6.45, 7) is 4.73. The smallest absolute Gasteiger partial charge is 0.228 e. The first kappa shape index (κ1) is 29.3. The fraction of sp³-hybridized carbons (Fsp3) is 0.303.